The Morgan fingerprint density at radius 1 is 1.67 bits per heavy atom. The van der Waals surface area contributed by atoms with Gasteiger partial charge in [0, 0.05) is 11.5 Å². The molecule has 0 atom stereocenters. The molecule has 0 saturated carbocycles. The van der Waals surface area contributed by atoms with E-state index in [0.29, 0.717) is 0 Å². The van der Waals surface area contributed by atoms with Gasteiger partial charge in [-0.05, 0) is 17.4 Å². The molecule has 0 aliphatic carbocycles. The first-order chi connectivity index (χ1) is 2.47. The van der Waals surface area contributed by atoms with Gasteiger partial charge >= 0.3 is 0 Å². The van der Waals surface area contributed by atoms with Gasteiger partial charge in [-0.15, -0.1) is 8.00 Å². The van der Waals surface area contributed by atoms with Crippen LogP contribution in [0.5, 0.6) is 0 Å². The van der Waals surface area contributed by atoms with Crippen LogP contribution in [0.4, 0.5) is 0 Å². The highest BCUT2D eigenvalue weighted by molar-refractivity contribution is 8.52. The Labute approximate surface area is 42.1 Å². The third kappa shape index (κ3) is 0.996. The SMILES string of the molecule is CS1(O)(=S)CC1. The first-order valence-corrected chi connectivity index (χ1v) is 5.50. The summed E-state index contributed by atoms with van der Waals surface area (Å²) in [5.74, 6) is 1.79. The van der Waals surface area contributed by atoms with Gasteiger partial charge in [0.15, 0.2) is 0 Å². The zero-order valence-electron chi connectivity index (χ0n) is 3.68. The zero-order chi connectivity index (χ0) is 4.86. The van der Waals surface area contributed by atoms with Crippen LogP contribution < -0.4 is 0 Å². The lowest BCUT2D eigenvalue weighted by Gasteiger charge is -2.07. The minimum atomic E-state index is -2.02. The molecule has 1 saturated heterocycles. The largest absolute Gasteiger partial charge is 0.348 e. The average molecular weight is 124 g/mol. The van der Waals surface area contributed by atoms with Crippen LogP contribution in [-0.2, 0) is 19.2 Å². The fourth-order valence-corrected chi connectivity index (χ4v) is 2.00. The maximum atomic E-state index is 9.02. The van der Waals surface area contributed by atoms with E-state index in [9.17, 15) is 0 Å². The summed E-state index contributed by atoms with van der Waals surface area (Å²) < 4.78 is 9.02. The van der Waals surface area contributed by atoms with Crippen molar-refractivity contribution in [3.05, 3.63) is 0 Å². The van der Waals surface area contributed by atoms with Crippen molar-refractivity contribution < 1.29 is 4.55 Å². The van der Waals surface area contributed by atoms with E-state index in [1.165, 1.54) is 0 Å². The minimum absolute atomic E-state index is 0.895. The summed E-state index contributed by atoms with van der Waals surface area (Å²) in [5.41, 5.74) is 0. The average Bonchev–Trinajstić information content (AvgIpc) is 1.73. The third-order valence-electron chi connectivity index (χ3n) is 0.962. The first kappa shape index (κ1) is 4.68. The van der Waals surface area contributed by atoms with Gasteiger partial charge in [-0.3, -0.25) is 0 Å². The zero-order valence-corrected chi connectivity index (χ0v) is 5.31. The molecule has 3 heteroatoms. The second-order valence-electron chi connectivity index (χ2n) is 2.11. The quantitative estimate of drug-likeness (QED) is 0.467. The molecule has 1 aliphatic heterocycles. The molecule has 1 nitrogen and oxygen atoms in total. The number of rotatable bonds is 0. The van der Waals surface area contributed by atoms with E-state index in [1.807, 2.05) is 0 Å². The van der Waals surface area contributed by atoms with Gasteiger partial charge in [0.1, 0.15) is 0 Å². The van der Waals surface area contributed by atoms with Crippen LogP contribution in [0.25, 0.3) is 0 Å². The molecule has 0 bridgehead atoms. The van der Waals surface area contributed by atoms with Crippen molar-refractivity contribution in [1.82, 2.24) is 0 Å². The lowest BCUT2D eigenvalue weighted by molar-refractivity contribution is 0.643. The van der Waals surface area contributed by atoms with E-state index in [1.54, 1.807) is 6.26 Å². The Hall–Kier alpha value is 0.530. The van der Waals surface area contributed by atoms with E-state index in [0.717, 1.165) is 11.5 Å². The molecule has 1 heterocycles. The molecule has 0 aromatic heterocycles. The van der Waals surface area contributed by atoms with Crippen molar-refractivity contribution in [2.75, 3.05) is 17.8 Å². The molecule has 1 N–H and O–H groups in total. The number of hydrogen-bond donors (Lipinski definition) is 1. The highest BCUT2D eigenvalue weighted by atomic mass is 32.9. The molecular weight excluding hydrogens is 116 g/mol. The molecule has 0 radical (unpaired) electrons. The third-order valence-corrected chi connectivity index (χ3v) is 3.88. The molecular formula is C3H8OS2. The van der Waals surface area contributed by atoms with Crippen LogP contribution in [0, 0.1) is 0 Å². The van der Waals surface area contributed by atoms with Gasteiger partial charge in [0.25, 0.3) is 0 Å². The Kier molecular flexibility index (Phi) is 0.564. The predicted octanol–water partition coefficient (Wildman–Crippen LogP) is 0.254. The van der Waals surface area contributed by atoms with Gasteiger partial charge < -0.3 is 4.55 Å². The van der Waals surface area contributed by atoms with Gasteiger partial charge in [-0.1, -0.05) is 0 Å². The molecule has 38 valence electrons. The van der Waals surface area contributed by atoms with Crippen molar-refractivity contribution in [2.24, 2.45) is 0 Å². The number of hydrogen-bond acceptors (Lipinski definition) is 1. The topological polar surface area (TPSA) is 20.2 Å². The van der Waals surface area contributed by atoms with Crippen LogP contribution in [0.15, 0.2) is 0 Å². The molecule has 0 aromatic carbocycles. The maximum Gasteiger partial charge on any atom is 0.0121 e. The van der Waals surface area contributed by atoms with Crippen LogP contribution in [-0.4, -0.2) is 22.3 Å². The van der Waals surface area contributed by atoms with Gasteiger partial charge in [-0.2, -0.15) is 0 Å². The molecule has 6 heavy (non-hydrogen) atoms. The molecule has 0 aromatic rings. The Balaban J connectivity index is 2.96. The van der Waals surface area contributed by atoms with Crippen LogP contribution in [0.2, 0.25) is 0 Å². The molecule has 0 amide bonds. The predicted molar refractivity (Wildman–Crippen MR) is 33.0 cm³/mol. The van der Waals surface area contributed by atoms with Crippen LogP contribution >= 0.6 is 0 Å². The Bertz CT molecular complexity index is 122. The van der Waals surface area contributed by atoms with E-state index >= 15 is 0 Å². The van der Waals surface area contributed by atoms with Crippen molar-refractivity contribution >= 4 is 19.2 Å². The van der Waals surface area contributed by atoms with E-state index in [4.69, 9.17) is 15.7 Å². The van der Waals surface area contributed by atoms with Gasteiger partial charge in [0.05, 0.1) is 0 Å². The normalized spacial score (nSPS) is 42.7. The summed E-state index contributed by atoms with van der Waals surface area (Å²) in [6.45, 7) is 0. The lowest BCUT2D eigenvalue weighted by atomic mass is 11.0. The smallest absolute Gasteiger partial charge is 0.0121 e. The summed E-state index contributed by atoms with van der Waals surface area (Å²) >= 11 is 4.81. The van der Waals surface area contributed by atoms with Crippen molar-refractivity contribution in [2.45, 2.75) is 0 Å². The molecule has 1 fully saturated rings. The molecule has 0 unspecified atom stereocenters. The summed E-state index contributed by atoms with van der Waals surface area (Å²) in [5, 5.41) is 0. The molecule has 0 spiro atoms. The van der Waals surface area contributed by atoms with E-state index in [-0.39, 0.29) is 0 Å². The van der Waals surface area contributed by atoms with Crippen molar-refractivity contribution in [3.8, 4) is 0 Å². The van der Waals surface area contributed by atoms with Crippen molar-refractivity contribution in [3.63, 3.8) is 0 Å². The highest BCUT2D eigenvalue weighted by Crippen LogP contribution is 2.32. The molecule has 1 rings (SSSR count). The van der Waals surface area contributed by atoms with E-state index < -0.39 is 8.00 Å². The van der Waals surface area contributed by atoms with Crippen molar-refractivity contribution in [1.29, 1.82) is 0 Å². The van der Waals surface area contributed by atoms with Crippen LogP contribution in [0.3, 0.4) is 0 Å². The monoisotopic (exact) mass is 124 g/mol. The summed E-state index contributed by atoms with van der Waals surface area (Å²) in [4.78, 5) is 0. The second-order valence-corrected chi connectivity index (χ2v) is 9.18. The standard InChI is InChI=1S/C3H8OS2/c1-6(4,5)2-3-6/h2-3H2,1H3,(H,4,5). The fourth-order valence-electron chi connectivity index (χ4n) is 0.155. The fraction of sp³-hybridized carbons (Fsp3) is 1.00. The summed E-state index contributed by atoms with van der Waals surface area (Å²) in [6, 6.07) is 0. The van der Waals surface area contributed by atoms with Gasteiger partial charge in [0.2, 0.25) is 0 Å². The summed E-state index contributed by atoms with van der Waals surface area (Å²) in [7, 11) is -2.02. The van der Waals surface area contributed by atoms with Crippen LogP contribution in [0.1, 0.15) is 0 Å². The second kappa shape index (κ2) is 0.723. The highest BCUT2D eigenvalue weighted by Gasteiger charge is 2.37. The maximum absolute atomic E-state index is 9.02. The van der Waals surface area contributed by atoms with E-state index in [2.05, 4.69) is 0 Å². The Morgan fingerprint density at radius 2 is 1.83 bits per heavy atom. The Morgan fingerprint density at radius 3 is 1.83 bits per heavy atom. The molecule has 1 aliphatic rings. The minimum Gasteiger partial charge on any atom is -0.348 e. The van der Waals surface area contributed by atoms with Gasteiger partial charge in [-0.25, -0.2) is 0 Å². The lowest BCUT2D eigenvalue weighted by Crippen LogP contribution is -2.05. The first-order valence-electron chi connectivity index (χ1n) is 1.83. The summed E-state index contributed by atoms with van der Waals surface area (Å²) in [6.07, 6.45) is 1.80.